The van der Waals surface area contributed by atoms with Crippen molar-refractivity contribution in [1.29, 1.82) is 0 Å². The molecule has 32 heavy (non-hydrogen) atoms. The lowest BCUT2D eigenvalue weighted by Gasteiger charge is -2.20. The van der Waals surface area contributed by atoms with Gasteiger partial charge >= 0.3 is 0 Å². The maximum absolute atomic E-state index is 13.1. The number of aryl methyl sites for hydroxylation is 1. The third-order valence-corrected chi connectivity index (χ3v) is 5.29. The van der Waals surface area contributed by atoms with Gasteiger partial charge in [0.1, 0.15) is 5.75 Å². The van der Waals surface area contributed by atoms with Crippen LogP contribution in [0.1, 0.15) is 35.0 Å². The van der Waals surface area contributed by atoms with Crippen LogP contribution in [-0.2, 0) is 17.8 Å². The van der Waals surface area contributed by atoms with E-state index in [1.54, 1.807) is 11.1 Å². The minimum absolute atomic E-state index is 0.00383. The van der Waals surface area contributed by atoms with Gasteiger partial charge in [0.15, 0.2) is 5.82 Å². The molecule has 1 aliphatic rings. The van der Waals surface area contributed by atoms with Crippen molar-refractivity contribution in [2.75, 3.05) is 19.7 Å². The van der Waals surface area contributed by atoms with Gasteiger partial charge in [-0.3, -0.25) is 9.59 Å². The molecule has 3 aromatic rings. The second-order valence-corrected chi connectivity index (χ2v) is 7.61. The van der Waals surface area contributed by atoms with E-state index >= 15 is 0 Å². The van der Waals surface area contributed by atoms with Crippen LogP contribution >= 0.6 is 0 Å². The van der Waals surface area contributed by atoms with Crippen molar-refractivity contribution in [2.24, 2.45) is 0 Å². The zero-order valence-corrected chi connectivity index (χ0v) is 18.1. The second-order valence-electron chi connectivity index (χ2n) is 7.61. The second kappa shape index (κ2) is 10.0. The number of nitrogens with zero attached hydrogens (tertiary/aromatic N) is 3. The molecule has 1 aliphatic heterocycles. The third kappa shape index (κ3) is 5.11. The largest absolute Gasteiger partial charge is 0.494 e. The molecule has 0 unspecified atom stereocenters. The molecule has 2 aromatic carbocycles. The van der Waals surface area contributed by atoms with Crippen molar-refractivity contribution in [2.45, 2.75) is 26.3 Å². The zero-order chi connectivity index (χ0) is 22.3. The Hall–Kier alpha value is -3.74. The summed E-state index contributed by atoms with van der Waals surface area (Å²) in [4.78, 5) is 36.2. The molecule has 0 saturated heterocycles. The van der Waals surface area contributed by atoms with Crippen molar-refractivity contribution < 1.29 is 14.3 Å². The fourth-order valence-corrected chi connectivity index (χ4v) is 3.71. The van der Waals surface area contributed by atoms with Crippen LogP contribution in [0.5, 0.6) is 5.75 Å². The smallest absolute Gasteiger partial charge is 0.257 e. The lowest BCUT2D eigenvalue weighted by atomic mass is 10.1. The Bertz CT molecular complexity index is 1100. The summed E-state index contributed by atoms with van der Waals surface area (Å²) in [5.41, 5.74) is 3.06. The van der Waals surface area contributed by atoms with Gasteiger partial charge in [0.05, 0.1) is 24.4 Å². The van der Waals surface area contributed by atoms with Crippen molar-refractivity contribution in [3.05, 3.63) is 77.6 Å². The lowest BCUT2D eigenvalue weighted by Crippen LogP contribution is -2.40. The molecule has 0 atom stereocenters. The van der Waals surface area contributed by atoms with Crippen LogP contribution in [0.25, 0.3) is 11.4 Å². The van der Waals surface area contributed by atoms with E-state index in [2.05, 4.69) is 15.3 Å². The van der Waals surface area contributed by atoms with Gasteiger partial charge in [-0.15, -0.1) is 0 Å². The minimum atomic E-state index is -0.203. The summed E-state index contributed by atoms with van der Waals surface area (Å²) in [7, 11) is 0. The maximum Gasteiger partial charge on any atom is 0.257 e. The average Bonchev–Trinajstić information content (AvgIpc) is 2.97. The van der Waals surface area contributed by atoms with Gasteiger partial charge < -0.3 is 15.0 Å². The summed E-state index contributed by atoms with van der Waals surface area (Å²) >= 11 is 0. The topological polar surface area (TPSA) is 84.4 Å². The van der Waals surface area contributed by atoms with Gasteiger partial charge in [-0.2, -0.15) is 0 Å². The van der Waals surface area contributed by atoms with E-state index in [0.29, 0.717) is 37.5 Å². The number of aromatic nitrogens is 2. The zero-order valence-electron chi connectivity index (χ0n) is 18.1. The van der Waals surface area contributed by atoms with Crippen molar-refractivity contribution in [3.63, 3.8) is 0 Å². The van der Waals surface area contributed by atoms with Gasteiger partial charge in [0.2, 0.25) is 5.91 Å². The van der Waals surface area contributed by atoms with Gasteiger partial charge in [-0.1, -0.05) is 42.5 Å². The number of carbonyl (C=O) groups is 2. The summed E-state index contributed by atoms with van der Waals surface area (Å²) in [5.74, 6) is 0.974. The highest BCUT2D eigenvalue weighted by atomic mass is 16.5. The molecular formula is C25H26N4O3. The van der Waals surface area contributed by atoms with E-state index in [9.17, 15) is 9.59 Å². The van der Waals surface area contributed by atoms with Crippen molar-refractivity contribution in [1.82, 2.24) is 20.2 Å². The summed E-state index contributed by atoms with van der Waals surface area (Å²) in [5, 5.41) is 2.89. The Morgan fingerprint density at radius 1 is 1.16 bits per heavy atom. The fraction of sp³-hybridized carbons (Fsp3) is 0.280. The number of hydrogen-bond donors (Lipinski definition) is 1. The average molecular weight is 431 g/mol. The van der Waals surface area contributed by atoms with E-state index in [-0.39, 0.29) is 18.4 Å². The molecule has 1 N–H and O–H groups in total. The van der Waals surface area contributed by atoms with E-state index < -0.39 is 0 Å². The number of ether oxygens (including phenoxy) is 1. The summed E-state index contributed by atoms with van der Waals surface area (Å²) in [6.07, 6.45) is 3.00. The highest BCUT2D eigenvalue weighted by Crippen LogP contribution is 2.21. The number of fused-ring (bicyclic) bond motifs is 1. The molecule has 7 nitrogen and oxygen atoms in total. The molecule has 0 fully saturated rings. The highest BCUT2D eigenvalue weighted by Gasteiger charge is 2.26. The number of rotatable bonds is 7. The number of carbonyl (C=O) groups excluding carboxylic acids is 2. The molecule has 0 bridgehead atoms. The minimum Gasteiger partial charge on any atom is -0.494 e. The van der Waals surface area contributed by atoms with Crippen LogP contribution in [0.4, 0.5) is 0 Å². The van der Waals surface area contributed by atoms with E-state index in [1.807, 2.05) is 61.5 Å². The molecule has 164 valence electrons. The van der Waals surface area contributed by atoms with Gasteiger partial charge in [-0.05, 0) is 37.5 Å². The molecule has 2 heterocycles. The predicted molar refractivity (Wildman–Crippen MR) is 121 cm³/mol. The molecule has 7 heteroatoms. The number of amides is 2. The Balaban J connectivity index is 1.40. The SMILES string of the molecule is CCOc1cccc(CNC(=O)CN2CCCc3nc(-c4ccccc4)ncc3C2=O)c1. The first-order valence-corrected chi connectivity index (χ1v) is 10.8. The van der Waals surface area contributed by atoms with Crippen LogP contribution in [0, 0.1) is 0 Å². The highest BCUT2D eigenvalue weighted by molar-refractivity contribution is 5.97. The van der Waals surface area contributed by atoms with E-state index in [0.717, 1.165) is 29.0 Å². The first kappa shape index (κ1) is 21.5. The van der Waals surface area contributed by atoms with Crippen LogP contribution in [0.2, 0.25) is 0 Å². The van der Waals surface area contributed by atoms with Gasteiger partial charge in [0.25, 0.3) is 5.91 Å². The Morgan fingerprint density at radius 3 is 2.81 bits per heavy atom. The lowest BCUT2D eigenvalue weighted by molar-refractivity contribution is -0.122. The van der Waals surface area contributed by atoms with E-state index in [4.69, 9.17) is 4.74 Å². The molecule has 1 aromatic heterocycles. The molecule has 4 rings (SSSR count). The maximum atomic E-state index is 13.1. The Kier molecular flexibility index (Phi) is 6.75. The van der Waals surface area contributed by atoms with Crippen molar-refractivity contribution in [3.8, 4) is 17.1 Å². The molecule has 0 aliphatic carbocycles. The van der Waals surface area contributed by atoms with Crippen LogP contribution in [0.15, 0.2) is 60.8 Å². The van der Waals surface area contributed by atoms with Crippen LogP contribution in [-0.4, -0.2) is 46.4 Å². The van der Waals surface area contributed by atoms with Crippen LogP contribution in [0.3, 0.4) is 0 Å². The number of benzene rings is 2. The molecule has 2 amide bonds. The van der Waals surface area contributed by atoms with E-state index in [1.165, 1.54) is 0 Å². The number of hydrogen-bond acceptors (Lipinski definition) is 5. The first-order valence-electron chi connectivity index (χ1n) is 10.8. The normalized spacial score (nSPS) is 13.3. The predicted octanol–water partition coefficient (Wildman–Crippen LogP) is 3.25. The summed E-state index contributed by atoms with van der Waals surface area (Å²) < 4.78 is 5.50. The summed E-state index contributed by atoms with van der Waals surface area (Å²) in [6.45, 7) is 3.40. The molecule has 0 saturated carbocycles. The van der Waals surface area contributed by atoms with Crippen LogP contribution < -0.4 is 10.1 Å². The third-order valence-electron chi connectivity index (χ3n) is 5.29. The van der Waals surface area contributed by atoms with Crippen molar-refractivity contribution >= 4 is 11.8 Å². The monoisotopic (exact) mass is 430 g/mol. The Morgan fingerprint density at radius 2 is 2.00 bits per heavy atom. The standard InChI is InChI=1S/C25H26N4O3/c1-2-32-20-11-6-8-18(14-20)15-26-23(30)17-29-13-7-12-22-21(25(29)31)16-27-24(28-22)19-9-4-3-5-10-19/h3-6,8-11,14,16H,2,7,12-13,15,17H2,1H3,(H,26,30). The first-order chi connectivity index (χ1) is 15.6. The fourth-order valence-electron chi connectivity index (χ4n) is 3.71. The van der Waals surface area contributed by atoms with Gasteiger partial charge in [-0.25, -0.2) is 9.97 Å². The number of nitrogens with one attached hydrogen (secondary N) is 1. The summed E-state index contributed by atoms with van der Waals surface area (Å²) in [6, 6.07) is 17.3. The van der Waals surface area contributed by atoms with Gasteiger partial charge in [0, 0.05) is 24.8 Å². The molecule has 0 spiro atoms. The molecular weight excluding hydrogens is 404 g/mol. The molecule has 0 radical (unpaired) electrons. The quantitative estimate of drug-likeness (QED) is 0.622. The Labute approximate surface area is 187 Å².